The Morgan fingerprint density at radius 3 is 2.41 bits per heavy atom. The molecule has 0 bridgehead atoms. The number of halogens is 3. The summed E-state index contributed by atoms with van der Waals surface area (Å²) in [5.41, 5.74) is 2.65. The molecule has 32 heavy (non-hydrogen) atoms. The highest BCUT2D eigenvalue weighted by atomic mass is 19.4. The Kier molecular flexibility index (Phi) is 6.38. The van der Waals surface area contributed by atoms with Crippen molar-refractivity contribution < 1.29 is 22.8 Å². The fourth-order valence-electron chi connectivity index (χ4n) is 3.55. The normalized spacial score (nSPS) is 11.3. The number of benzene rings is 2. The number of hydrogen-bond acceptors (Lipinski definition) is 3. The zero-order valence-electron chi connectivity index (χ0n) is 18.1. The summed E-state index contributed by atoms with van der Waals surface area (Å²) in [6.45, 7) is 5.17. The molecule has 6 nitrogen and oxygen atoms in total. The predicted molar refractivity (Wildman–Crippen MR) is 115 cm³/mol. The summed E-state index contributed by atoms with van der Waals surface area (Å²) in [5, 5.41) is 9.66. The number of aryl methyl sites for hydroxylation is 2. The molecule has 0 fully saturated rings. The molecule has 2 N–H and O–H groups in total. The molecular weight excluding hydrogens is 421 g/mol. The number of anilines is 1. The van der Waals surface area contributed by atoms with E-state index < -0.39 is 11.7 Å². The fourth-order valence-corrected chi connectivity index (χ4v) is 3.55. The lowest BCUT2D eigenvalue weighted by atomic mass is 10.0. The highest BCUT2D eigenvalue weighted by molar-refractivity contribution is 6.05. The molecule has 2 amide bonds. The molecule has 168 valence electrons. The van der Waals surface area contributed by atoms with Gasteiger partial charge in [-0.2, -0.15) is 18.3 Å². The van der Waals surface area contributed by atoms with Gasteiger partial charge in [-0.1, -0.05) is 18.2 Å². The highest BCUT2D eigenvalue weighted by Crippen LogP contribution is 2.31. The Bertz CT molecular complexity index is 1180. The van der Waals surface area contributed by atoms with Crippen molar-refractivity contribution in [2.24, 2.45) is 0 Å². The second-order valence-corrected chi connectivity index (χ2v) is 7.41. The first kappa shape index (κ1) is 23.1. The molecule has 0 radical (unpaired) electrons. The summed E-state index contributed by atoms with van der Waals surface area (Å²) in [4.78, 5) is 25.0. The minimum atomic E-state index is -4.47. The molecule has 0 spiro atoms. The Morgan fingerprint density at radius 1 is 1.06 bits per heavy atom. The van der Waals surface area contributed by atoms with E-state index in [1.165, 1.54) is 23.9 Å². The van der Waals surface area contributed by atoms with Crippen LogP contribution in [0.15, 0.2) is 42.5 Å². The van der Waals surface area contributed by atoms with Crippen molar-refractivity contribution in [3.05, 3.63) is 76.1 Å². The van der Waals surface area contributed by atoms with E-state index in [2.05, 4.69) is 15.7 Å². The summed E-state index contributed by atoms with van der Waals surface area (Å²) in [7, 11) is 1.51. The molecule has 0 unspecified atom stereocenters. The molecule has 3 rings (SSSR count). The van der Waals surface area contributed by atoms with Crippen molar-refractivity contribution in [1.82, 2.24) is 15.1 Å². The van der Waals surface area contributed by atoms with E-state index >= 15 is 0 Å². The number of nitrogens with zero attached hydrogens (tertiary/aromatic N) is 2. The van der Waals surface area contributed by atoms with Crippen molar-refractivity contribution in [2.75, 3.05) is 12.4 Å². The van der Waals surface area contributed by atoms with Crippen molar-refractivity contribution in [3.63, 3.8) is 0 Å². The Hall–Kier alpha value is -3.62. The molecule has 3 aromatic rings. The number of rotatable bonds is 5. The van der Waals surface area contributed by atoms with E-state index in [1.807, 2.05) is 0 Å². The molecule has 0 aliphatic heterocycles. The van der Waals surface area contributed by atoms with Crippen molar-refractivity contribution in [2.45, 2.75) is 33.4 Å². The van der Waals surface area contributed by atoms with Gasteiger partial charge in [-0.15, -0.1) is 0 Å². The summed E-state index contributed by atoms with van der Waals surface area (Å²) < 4.78 is 40.6. The van der Waals surface area contributed by atoms with Gasteiger partial charge in [-0.05, 0) is 50.6 Å². The molecule has 0 aliphatic carbocycles. The molecule has 1 heterocycles. The van der Waals surface area contributed by atoms with Crippen LogP contribution in [0.3, 0.4) is 0 Å². The molecule has 0 aliphatic rings. The number of hydrogen-bond donors (Lipinski definition) is 2. The molecule has 1 aromatic heterocycles. The smallest absolute Gasteiger partial charge is 0.355 e. The van der Waals surface area contributed by atoms with Crippen LogP contribution in [0.4, 0.5) is 18.9 Å². The second-order valence-electron chi connectivity index (χ2n) is 7.41. The molecule has 9 heteroatoms. The van der Waals surface area contributed by atoms with Crippen LogP contribution in [0.2, 0.25) is 0 Å². The monoisotopic (exact) mass is 444 g/mol. The first-order valence-electron chi connectivity index (χ1n) is 9.87. The van der Waals surface area contributed by atoms with Crippen LogP contribution in [0.25, 0.3) is 5.69 Å². The maximum Gasteiger partial charge on any atom is 0.416 e. The highest BCUT2D eigenvalue weighted by Gasteiger charge is 2.31. The molecule has 0 saturated carbocycles. The number of amides is 2. The van der Waals surface area contributed by atoms with Gasteiger partial charge in [-0.25, -0.2) is 4.68 Å². The van der Waals surface area contributed by atoms with Gasteiger partial charge in [0.05, 0.1) is 34.6 Å². The summed E-state index contributed by atoms with van der Waals surface area (Å²) in [6, 6.07) is 10.0. The number of carbonyl (C=O) groups is 2. The van der Waals surface area contributed by atoms with E-state index in [1.54, 1.807) is 39.0 Å². The fraction of sp³-hybridized carbons (Fsp3) is 0.261. The van der Waals surface area contributed by atoms with Gasteiger partial charge in [-0.3, -0.25) is 9.59 Å². The van der Waals surface area contributed by atoms with Gasteiger partial charge in [0.1, 0.15) is 0 Å². The summed E-state index contributed by atoms with van der Waals surface area (Å²) >= 11 is 0. The van der Waals surface area contributed by atoms with Gasteiger partial charge < -0.3 is 10.6 Å². The number of nitrogens with one attached hydrogen (secondary N) is 2. The minimum absolute atomic E-state index is 0.0439. The van der Waals surface area contributed by atoms with Crippen LogP contribution in [-0.4, -0.2) is 28.6 Å². The lowest BCUT2D eigenvalue weighted by Crippen LogP contribution is -2.23. The number of alkyl halides is 3. The number of aromatic nitrogens is 2. The van der Waals surface area contributed by atoms with Crippen LogP contribution < -0.4 is 10.6 Å². The average Bonchev–Trinajstić information content (AvgIpc) is 3.01. The Labute approximate surface area is 183 Å². The average molecular weight is 444 g/mol. The summed E-state index contributed by atoms with van der Waals surface area (Å²) in [6.07, 6.45) is -4.51. The van der Waals surface area contributed by atoms with Crippen LogP contribution in [0, 0.1) is 20.8 Å². The first-order valence-corrected chi connectivity index (χ1v) is 9.87. The van der Waals surface area contributed by atoms with E-state index in [9.17, 15) is 22.8 Å². The van der Waals surface area contributed by atoms with Gasteiger partial charge in [0.15, 0.2) is 0 Å². The van der Waals surface area contributed by atoms with Crippen LogP contribution >= 0.6 is 0 Å². The van der Waals surface area contributed by atoms with Crippen LogP contribution in [-0.2, 0) is 17.4 Å². The first-order chi connectivity index (χ1) is 15.0. The Morgan fingerprint density at radius 2 is 1.75 bits per heavy atom. The SMILES string of the molecule is CNC(=O)c1c(C)cccc1NC(=O)Cc1c(C)nn(-c2cccc(C(F)(F)F)c2)c1C. The van der Waals surface area contributed by atoms with E-state index in [0.717, 1.165) is 12.1 Å². The predicted octanol–water partition coefficient (Wildman–Crippen LogP) is 4.36. The quantitative estimate of drug-likeness (QED) is 0.614. The number of carbonyl (C=O) groups excluding carboxylic acids is 2. The van der Waals surface area contributed by atoms with Gasteiger partial charge in [0, 0.05) is 18.3 Å². The summed E-state index contributed by atoms with van der Waals surface area (Å²) in [5.74, 6) is -0.682. The molecule has 2 aromatic carbocycles. The minimum Gasteiger partial charge on any atom is -0.355 e. The third-order valence-electron chi connectivity index (χ3n) is 5.20. The van der Waals surface area contributed by atoms with Gasteiger partial charge in [0.25, 0.3) is 5.91 Å². The lowest BCUT2D eigenvalue weighted by Gasteiger charge is -2.13. The van der Waals surface area contributed by atoms with E-state index in [4.69, 9.17) is 0 Å². The van der Waals surface area contributed by atoms with E-state index in [0.29, 0.717) is 33.8 Å². The second kappa shape index (κ2) is 8.86. The molecular formula is C23H23F3N4O2. The van der Waals surface area contributed by atoms with Crippen LogP contribution in [0.1, 0.15) is 38.4 Å². The van der Waals surface area contributed by atoms with E-state index in [-0.39, 0.29) is 23.9 Å². The maximum absolute atomic E-state index is 13.1. The zero-order chi connectivity index (χ0) is 23.6. The van der Waals surface area contributed by atoms with Crippen molar-refractivity contribution in [3.8, 4) is 5.69 Å². The van der Waals surface area contributed by atoms with Crippen LogP contribution in [0.5, 0.6) is 0 Å². The lowest BCUT2D eigenvalue weighted by molar-refractivity contribution is -0.137. The standard InChI is InChI=1S/C23H23F3N4O2/c1-13-7-5-10-19(21(13)22(32)27-4)28-20(31)12-18-14(2)29-30(15(18)3)17-9-6-8-16(11-17)23(24,25)26/h5-11H,12H2,1-4H3,(H,27,32)(H,28,31). The van der Waals surface area contributed by atoms with Gasteiger partial charge >= 0.3 is 6.18 Å². The largest absolute Gasteiger partial charge is 0.416 e. The molecule has 0 atom stereocenters. The third kappa shape index (κ3) is 4.66. The zero-order valence-corrected chi connectivity index (χ0v) is 18.1. The van der Waals surface area contributed by atoms with Crippen molar-refractivity contribution in [1.29, 1.82) is 0 Å². The van der Waals surface area contributed by atoms with Crippen molar-refractivity contribution >= 4 is 17.5 Å². The molecule has 0 saturated heterocycles. The maximum atomic E-state index is 13.1. The topological polar surface area (TPSA) is 76.0 Å². The Balaban J connectivity index is 1.88. The third-order valence-corrected chi connectivity index (χ3v) is 5.20. The van der Waals surface area contributed by atoms with Gasteiger partial charge in [0.2, 0.25) is 5.91 Å².